The normalized spacial score (nSPS) is 10.5. The summed E-state index contributed by atoms with van der Waals surface area (Å²) in [5.41, 5.74) is 2.24. The van der Waals surface area contributed by atoms with E-state index in [4.69, 9.17) is 5.11 Å². The predicted molar refractivity (Wildman–Crippen MR) is 76.1 cm³/mol. The smallest absolute Gasteiger partial charge is 0.0682 e. The lowest BCUT2D eigenvalue weighted by molar-refractivity contribution is 0.281. The Labute approximate surface area is 114 Å². The monoisotopic (exact) mass is 308 g/mol. The number of aliphatic hydroxyl groups excluding tert-OH is 1. The highest BCUT2D eigenvalue weighted by molar-refractivity contribution is 9.10. The molecule has 0 fully saturated rings. The summed E-state index contributed by atoms with van der Waals surface area (Å²) in [5, 5.41) is 9.07. The van der Waals surface area contributed by atoms with E-state index in [0.29, 0.717) is 0 Å². The van der Waals surface area contributed by atoms with Crippen LogP contribution in [-0.4, -0.2) is 5.11 Å². The molecule has 2 aromatic rings. The van der Waals surface area contributed by atoms with Crippen LogP contribution in [0.25, 0.3) is 0 Å². The molecule has 0 atom stereocenters. The van der Waals surface area contributed by atoms with E-state index >= 15 is 0 Å². The quantitative estimate of drug-likeness (QED) is 0.853. The number of halogens is 1. The van der Waals surface area contributed by atoms with Gasteiger partial charge in [0.05, 0.1) is 6.61 Å². The van der Waals surface area contributed by atoms with E-state index in [1.807, 2.05) is 30.3 Å². The second-order valence-electron chi connectivity index (χ2n) is 3.69. The maximum absolute atomic E-state index is 9.07. The molecule has 1 N–H and O–H groups in total. The first-order chi connectivity index (χ1) is 8.29. The van der Waals surface area contributed by atoms with Crippen LogP contribution in [0.1, 0.15) is 11.1 Å². The lowest BCUT2D eigenvalue weighted by atomic mass is 10.2. The van der Waals surface area contributed by atoms with Gasteiger partial charge in [0.15, 0.2) is 0 Å². The van der Waals surface area contributed by atoms with Crippen LogP contribution in [0, 0.1) is 0 Å². The predicted octanol–water partition coefficient (Wildman–Crippen LogP) is 4.23. The van der Waals surface area contributed by atoms with Crippen LogP contribution in [-0.2, 0) is 12.4 Å². The third kappa shape index (κ3) is 3.60. The third-order valence-corrected chi connectivity index (χ3v) is 4.25. The zero-order valence-electron chi connectivity index (χ0n) is 9.27. The van der Waals surface area contributed by atoms with Gasteiger partial charge in [-0.05, 0) is 29.3 Å². The molecule has 0 spiro atoms. The van der Waals surface area contributed by atoms with Crippen molar-refractivity contribution in [2.24, 2.45) is 0 Å². The minimum absolute atomic E-state index is 0.101. The van der Waals surface area contributed by atoms with Crippen molar-refractivity contribution in [1.82, 2.24) is 0 Å². The van der Waals surface area contributed by atoms with Gasteiger partial charge < -0.3 is 5.11 Å². The highest BCUT2D eigenvalue weighted by atomic mass is 79.9. The highest BCUT2D eigenvalue weighted by Gasteiger charge is 2.00. The fourth-order valence-corrected chi connectivity index (χ4v) is 3.10. The standard InChI is InChI=1S/C14H13BrOS/c15-14-7-2-1-5-12(14)10-17-13-6-3-4-11(8-13)9-16/h1-8,16H,9-10H2. The van der Waals surface area contributed by atoms with Crippen LogP contribution in [0.15, 0.2) is 57.9 Å². The molecule has 88 valence electrons. The number of thioether (sulfide) groups is 1. The Balaban J connectivity index is 2.05. The van der Waals surface area contributed by atoms with Gasteiger partial charge in [-0.2, -0.15) is 0 Å². The maximum atomic E-state index is 9.07. The average Bonchev–Trinajstić information content (AvgIpc) is 2.38. The van der Waals surface area contributed by atoms with Crippen LogP contribution in [0.4, 0.5) is 0 Å². The number of hydrogen-bond donors (Lipinski definition) is 1. The molecule has 0 saturated carbocycles. The first kappa shape index (κ1) is 12.7. The molecule has 0 heterocycles. The fourth-order valence-electron chi connectivity index (χ4n) is 1.51. The highest BCUT2D eigenvalue weighted by Crippen LogP contribution is 2.27. The molecule has 2 rings (SSSR count). The van der Waals surface area contributed by atoms with Crippen LogP contribution in [0.3, 0.4) is 0 Å². The molecular formula is C14H13BrOS. The Kier molecular flexibility index (Phi) is 4.66. The van der Waals surface area contributed by atoms with Crippen molar-refractivity contribution in [2.45, 2.75) is 17.3 Å². The summed E-state index contributed by atoms with van der Waals surface area (Å²) in [6, 6.07) is 16.3. The Morgan fingerprint density at radius 2 is 1.88 bits per heavy atom. The molecule has 1 nitrogen and oxygen atoms in total. The van der Waals surface area contributed by atoms with Crippen molar-refractivity contribution in [3.63, 3.8) is 0 Å². The first-order valence-electron chi connectivity index (χ1n) is 5.35. The van der Waals surface area contributed by atoms with E-state index in [1.54, 1.807) is 11.8 Å². The van der Waals surface area contributed by atoms with Crippen molar-refractivity contribution >= 4 is 27.7 Å². The zero-order chi connectivity index (χ0) is 12.1. The van der Waals surface area contributed by atoms with E-state index in [0.717, 1.165) is 15.8 Å². The summed E-state index contributed by atoms with van der Waals surface area (Å²) in [7, 11) is 0. The topological polar surface area (TPSA) is 20.2 Å². The molecule has 0 radical (unpaired) electrons. The lowest BCUT2D eigenvalue weighted by Crippen LogP contribution is -1.85. The molecule has 3 heteroatoms. The van der Waals surface area contributed by atoms with E-state index in [-0.39, 0.29) is 6.61 Å². The molecule has 2 aromatic carbocycles. The van der Waals surface area contributed by atoms with Gasteiger partial charge in [0.2, 0.25) is 0 Å². The average molecular weight is 309 g/mol. The second kappa shape index (κ2) is 6.24. The van der Waals surface area contributed by atoms with Gasteiger partial charge in [0, 0.05) is 15.1 Å². The molecule has 0 bridgehead atoms. The summed E-state index contributed by atoms with van der Waals surface area (Å²) in [6.07, 6.45) is 0. The molecule has 0 aliphatic rings. The van der Waals surface area contributed by atoms with Crippen molar-refractivity contribution in [3.8, 4) is 0 Å². The lowest BCUT2D eigenvalue weighted by Gasteiger charge is -2.05. The van der Waals surface area contributed by atoms with Crippen LogP contribution >= 0.6 is 27.7 Å². The molecule has 0 amide bonds. The maximum Gasteiger partial charge on any atom is 0.0682 e. The number of rotatable bonds is 4. The summed E-state index contributed by atoms with van der Waals surface area (Å²) >= 11 is 5.32. The van der Waals surface area contributed by atoms with E-state index < -0.39 is 0 Å². The van der Waals surface area contributed by atoms with Gasteiger partial charge in [0.1, 0.15) is 0 Å². The largest absolute Gasteiger partial charge is 0.392 e. The first-order valence-corrected chi connectivity index (χ1v) is 7.13. The van der Waals surface area contributed by atoms with Crippen molar-refractivity contribution in [3.05, 3.63) is 64.1 Å². The number of aliphatic hydroxyl groups is 1. The number of benzene rings is 2. The summed E-state index contributed by atoms with van der Waals surface area (Å²) in [6.45, 7) is 0.101. The van der Waals surface area contributed by atoms with Crippen LogP contribution in [0.2, 0.25) is 0 Å². The van der Waals surface area contributed by atoms with Crippen molar-refractivity contribution < 1.29 is 5.11 Å². The molecule has 0 saturated heterocycles. The SMILES string of the molecule is OCc1cccc(SCc2ccccc2Br)c1. The van der Waals surface area contributed by atoms with Crippen molar-refractivity contribution in [1.29, 1.82) is 0 Å². The Morgan fingerprint density at radius 1 is 1.06 bits per heavy atom. The summed E-state index contributed by atoms with van der Waals surface area (Å²) in [5.74, 6) is 0.927. The Morgan fingerprint density at radius 3 is 2.65 bits per heavy atom. The van der Waals surface area contributed by atoms with Gasteiger partial charge in [0.25, 0.3) is 0 Å². The van der Waals surface area contributed by atoms with Gasteiger partial charge in [-0.15, -0.1) is 11.8 Å². The molecule has 0 aliphatic heterocycles. The van der Waals surface area contributed by atoms with E-state index in [9.17, 15) is 0 Å². The zero-order valence-corrected chi connectivity index (χ0v) is 11.7. The van der Waals surface area contributed by atoms with E-state index in [1.165, 1.54) is 10.5 Å². The van der Waals surface area contributed by atoms with E-state index in [2.05, 4.69) is 34.1 Å². The summed E-state index contributed by atoms with van der Waals surface area (Å²) < 4.78 is 1.14. The van der Waals surface area contributed by atoms with Crippen LogP contribution < -0.4 is 0 Å². The molecule has 0 aliphatic carbocycles. The molecule has 0 unspecified atom stereocenters. The van der Waals surface area contributed by atoms with Gasteiger partial charge in [-0.3, -0.25) is 0 Å². The minimum Gasteiger partial charge on any atom is -0.392 e. The van der Waals surface area contributed by atoms with Gasteiger partial charge in [-0.25, -0.2) is 0 Å². The Hall–Kier alpha value is -0.770. The van der Waals surface area contributed by atoms with Crippen molar-refractivity contribution in [2.75, 3.05) is 0 Å². The van der Waals surface area contributed by atoms with Gasteiger partial charge >= 0.3 is 0 Å². The fraction of sp³-hybridized carbons (Fsp3) is 0.143. The molecule has 0 aromatic heterocycles. The minimum atomic E-state index is 0.101. The number of hydrogen-bond acceptors (Lipinski definition) is 2. The van der Waals surface area contributed by atoms with Gasteiger partial charge in [-0.1, -0.05) is 46.3 Å². The third-order valence-electron chi connectivity index (χ3n) is 2.43. The molecule has 17 heavy (non-hydrogen) atoms. The summed E-state index contributed by atoms with van der Waals surface area (Å²) in [4.78, 5) is 1.19. The Bertz CT molecular complexity index is 499. The molecular weight excluding hydrogens is 296 g/mol. The van der Waals surface area contributed by atoms with Crippen LogP contribution in [0.5, 0.6) is 0 Å². The second-order valence-corrected chi connectivity index (χ2v) is 5.59.